The number of carboxylic acids is 1. The number of nitrogens with one attached hydrogen (secondary N) is 1. The molecule has 8 N–H and O–H groups in total. The number of hydrazine groups is 1. The molecule has 0 saturated carbocycles. The largest absolute Gasteiger partial charge is 0.480 e. The molecule has 0 aliphatic heterocycles. The van der Waals surface area contributed by atoms with E-state index in [0.29, 0.717) is 6.42 Å². The number of aliphatic imine (C=N–C) groups is 1. The Morgan fingerprint density at radius 2 is 2.12 bits per heavy atom. The van der Waals surface area contributed by atoms with E-state index in [-0.39, 0.29) is 24.4 Å². The van der Waals surface area contributed by atoms with Gasteiger partial charge in [-0.1, -0.05) is 0 Å². The van der Waals surface area contributed by atoms with Gasteiger partial charge in [-0.2, -0.15) is 0 Å². The fourth-order valence-electron chi connectivity index (χ4n) is 0.874. The van der Waals surface area contributed by atoms with Crippen LogP contribution < -0.4 is 16.9 Å². The van der Waals surface area contributed by atoms with E-state index in [2.05, 4.69) is 4.99 Å². The number of guanidine groups is 1. The van der Waals surface area contributed by atoms with Crippen LogP contribution in [-0.2, 0) is 4.79 Å². The van der Waals surface area contributed by atoms with Gasteiger partial charge in [0.05, 0.1) is 0 Å². The quantitative estimate of drug-likeness (QED) is 0.123. The molecule has 0 amide bonds. The molecule has 16 heavy (non-hydrogen) atoms. The number of carboxylic acid groups (broad SMARTS) is 1. The lowest BCUT2D eigenvalue weighted by atomic mass is 10.2. The van der Waals surface area contributed by atoms with Crippen molar-refractivity contribution in [3.8, 4) is 0 Å². The van der Waals surface area contributed by atoms with Gasteiger partial charge in [-0.15, -0.1) is 5.43 Å². The van der Waals surface area contributed by atoms with Gasteiger partial charge < -0.3 is 22.1 Å². The minimum Gasteiger partial charge on any atom is -0.480 e. The van der Waals surface area contributed by atoms with Crippen molar-refractivity contribution in [2.75, 3.05) is 6.54 Å². The molecule has 0 aromatic rings. The van der Waals surface area contributed by atoms with Gasteiger partial charge in [0.1, 0.15) is 0 Å². The molecule has 0 bridgehead atoms. The van der Waals surface area contributed by atoms with E-state index in [0.717, 1.165) is 0 Å². The molecule has 0 aromatic carbocycles. The van der Waals surface area contributed by atoms with Crippen LogP contribution in [0, 0.1) is 10.1 Å². The average Bonchev–Trinajstić information content (AvgIpc) is 2.08. The Balaban J connectivity index is 0. The van der Waals surface area contributed by atoms with Crippen molar-refractivity contribution < 1.29 is 20.4 Å². The number of aliphatic carboxylic acids is 1. The molecule has 0 aliphatic rings. The van der Waals surface area contributed by atoms with Gasteiger partial charge >= 0.3 is 5.97 Å². The van der Waals surface area contributed by atoms with Crippen LogP contribution in [0.15, 0.2) is 4.99 Å². The zero-order valence-corrected chi connectivity index (χ0v) is 8.42. The number of nitrogens with zero attached hydrogens (tertiary/aromatic N) is 2. The Labute approximate surface area is 90.7 Å². The van der Waals surface area contributed by atoms with Crippen LogP contribution >= 0.6 is 0 Å². The third-order valence-corrected chi connectivity index (χ3v) is 1.50. The summed E-state index contributed by atoms with van der Waals surface area (Å²) >= 11 is 0. The van der Waals surface area contributed by atoms with Crippen LogP contribution in [0.2, 0.25) is 0 Å². The fourth-order valence-corrected chi connectivity index (χ4v) is 0.874. The lowest BCUT2D eigenvalue weighted by Crippen LogP contribution is -2.40. The molecule has 0 unspecified atom stereocenters. The fraction of sp³-hybridized carbons (Fsp3) is 0.667. The number of nitrogens with two attached hydrogens (primary N) is 2. The van der Waals surface area contributed by atoms with E-state index >= 15 is 0 Å². The Hall–Kier alpha value is -2.10. The molecule has 0 spiro atoms. The van der Waals surface area contributed by atoms with Crippen molar-refractivity contribution in [1.82, 2.24) is 5.43 Å². The molecule has 0 aliphatic carbocycles. The molecule has 0 heterocycles. The predicted octanol–water partition coefficient (Wildman–Crippen LogP) is -2.55. The van der Waals surface area contributed by atoms with E-state index < -0.39 is 17.0 Å². The van der Waals surface area contributed by atoms with Crippen LogP contribution in [0.25, 0.3) is 0 Å². The summed E-state index contributed by atoms with van der Waals surface area (Å²) < 4.78 is 0. The first-order valence-electron chi connectivity index (χ1n) is 4.12. The van der Waals surface area contributed by atoms with Gasteiger partial charge in [-0.05, 0) is 12.8 Å². The molecule has 0 fully saturated rings. The number of hydrogen-bond donors (Lipinski definition) is 4. The maximum Gasteiger partial charge on any atom is 0.332 e. The van der Waals surface area contributed by atoms with Crippen LogP contribution in [0.3, 0.4) is 0 Å². The molecule has 1 atom stereocenters. The van der Waals surface area contributed by atoms with Crippen LogP contribution in [-0.4, -0.2) is 40.1 Å². The molecular weight excluding hydrogens is 222 g/mol. The Bertz CT molecular complexity index is 264. The highest BCUT2D eigenvalue weighted by Crippen LogP contribution is 1.98. The van der Waals surface area contributed by atoms with Gasteiger partial charge in [0.25, 0.3) is 0 Å². The minimum atomic E-state index is -1.28. The summed E-state index contributed by atoms with van der Waals surface area (Å²) in [5.41, 5.74) is 11.8. The van der Waals surface area contributed by atoms with E-state index in [1.165, 1.54) is 0 Å². The smallest absolute Gasteiger partial charge is 0.332 e. The van der Waals surface area contributed by atoms with Crippen molar-refractivity contribution in [3.63, 3.8) is 0 Å². The highest BCUT2D eigenvalue weighted by atomic mass is 16.7. The highest BCUT2D eigenvalue weighted by Gasteiger charge is 2.20. The van der Waals surface area contributed by atoms with Crippen molar-refractivity contribution in [2.24, 2.45) is 16.5 Å². The molecule has 0 rings (SSSR count). The number of nitro groups is 1. The maximum atomic E-state index is 10.5. The first-order chi connectivity index (χ1) is 6.93. The molecule has 10 heteroatoms. The Kier molecular flexibility index (Phi) is 8.40. The lowest BCUT2D eigenvalue weighted by molar-refractivity contribution is -0.549. The van der Waals surface area contributed by atoms with E-state index in [4.69, 9.17) is 16.6 Å². The predicted molar refractivity (Wildman–Crippen MR) is 55.1 cm³/mol. The number of hydrogen-bond acceptors (Lipinski definition) is 4. The van der Waals surface area contributed by atoms with Crippen molar-refractivity contribution in [3.05, 3.63) is 10.1 Å². The second-order valence-electron chi connectivity index (χ2n) is 2.73. The van der Waals surface area contributed by atoms with Gasteiger partial charge in [0.15, 0.2) is 17.0 Å². The van der Waals surface area contributed by atoms with E-state index in [9.17, 15) is 14.9 Å². The highest BCUT2D eigenvalue weighted by molar-refractivity contribution is 5.75. The summed E-state index contributed by atoms with van der Waals surface area (Å²) in [5, 5.41) is 17.7. The summed E-state index contributed by atoms with van der Waals surface area (Å²) in [6, 6.07) is -1.23. The van der Waals surface area contributed by atoms with Crippen LogP contribution in [0.1, 0.15) is 12.8 Å². The summed E-state index contributed by atoms with van der Waals surface area (Å²) in [6.45, 7) is 0.242. The first-order valence-corrected chi connectivity index (χ1v) is 4.12. The average molecular weight is 237 g/mol. The van der Waals surface area contributed by atoms with Gasteiger partial charge in [-0.25, -0.2) is 14.9 Å². The van der Waals surface area contributed by atoms with E-state index in [1.54, 1.807) is 5.43 Å². The standard InChI is InChI=1S/C6H13N5O4.H2O/c7-6(8)9-3-1-2-4(5(12)13)10-11(14)15;/h4,10H,1-3H2,(H,12,13)(H4,7,8,9);1H2/t4-;/m0./s1. The number of carbonyl (C=O) groups is 1. The van der Waals surface area contributed by atoms with Gasteiger partial charge in [-0.3, -0.25) is 4.99 Å². The van der Waals surface area contributed by atoms with Gasteiger partial charge in [0, 0.05) is 6.54 Å². The van der Waals surface area contributed by atoms with Crippen LogP contribution in [0.4, 0.5) is 0 Å². The molecule has 0 saturated heterocycles. The summed E-state index contributed by atoms with van der Waals surface area (Å²) in [7, 11) is 0. The van der Waals surface area contributed by atoms with Crippen LogP contribution in [0.5, 0.6) is 0 Å². The Morgan fingerprint density at radius 3 is 2.50 bits per heavy atom. The summed E-state index contributed by atoms with van der Waals surface area (Å²) in [5.74, 6) is -1.37. The molecule has 0 radical (unpaired) electrons. The topological polar surface area (TPSA) is 188 Å². The van der Waals surface area contributed by atoms with Crippen molar-refractivity contribution in [2.45, 2.75) is 18.9 Å². The second kappa shape index (κ2) is 8.23. The monoisotopic (exact) mass is 237 g/mol. The zero-order valence-electron chi connectivity index (χ0n) is 8.42. The minimum absolute atomic E-state index is 0. The zero-order chi connectivity index (χ0) is 11.8. The third-order valence-electron chi connectivity index (χ3n) is 1.50. The Morgan fingerprint density at radius 1 is 1.56 bits per heavy atom. The first kappa shape index (κ1) is 16.3. The third kappa shape index (κ3) is 8.50. The van der Waals surface area contributed by atoms with Crippen molar-refractivity contribution in [1.29, 1.82) is 0 Å². The normalized spacial score (nSPS) is 10.8. The van der Waals surface area contributed by atoms with Crippen molar-refractivity contribution >= 4 is 11.9 Å². The summed E-state index contributed by atoms with van der Waals surface area (Å²) in [4.78, 5) is 24.1. The van der Waals surface area contributed by atoms with Gasteiger partial charge in [0.2, 0.25) is 0 Å². The van der Waals surface area contributed by atoms with E-state index in [1.807, 2.05) is 0 Å². The summed E-state index contributed by atoms with van der Waals surface area (Å²) in [6.07, 6.45) is 0.419. The second-order valence-corrected chi connectivity index (χ2v) is 2.73. The maximum absolute atomic E-state index is 10.5. The number of rotatable bonds is 7. The molecular formula is C6H15N5O5. The SMILES string of the molecule is NC(N)=NCCC[C@H](N[N+](=O)[O-])C(=O)O.O. The molecule has 10 nitrogen and oxygen atoms in total. The molecule has 0 aromatic heterocycles. The molecule has 94 valence electrons. The lowest BCUT2D eigenvalue weighted by Gasteiger charge is -2.07.